The van der Waals surface area contributed by atoms with Gasteiger partial charge in [0.05, 0.1) is 15.8 Å². The van der Waals surface area contributed by atoms with E-state index in [-0.39, 0.29) is 12.1 Å². The van der Waals surface area contributed by atoms with Gasteiger partial charge in [0.2, 0.25) is 10.0 Å². The van der Waals surface area contributed by atoms with Gasteiger partial charge in [0.1, 0.15) is 0 Å². The second-order valence-corrected chi connectivity index (χ2v) is 7.92. The van der Waals surface area contributed by atoms with Crippen LogP contribution in [0.1, 0.15) is 12.0 Å². The minimum absolute atomic E-state index is 0.00681. The molecule has 29 heavy (non-hydrogen) atoms. The maximum Gasteiger partial charge on any atom is 0.416 e. The predicted molar refractivity (Wildman–Crippen MR) is 102 cm³/mol. The molecule has 0 fully saturated rings. The zero-order valence-corrected chi connectivity index (χ0v) is 15.8. The van der Waals surface area contributed by atoms with Crippen molar-refractivity contribution in [2.75, 3.05) is 18.4 Å². The number of nitrogens with zero attached hydrogens (tertiary/aromatic N) is 1. The Hall–Kier alpha value is -2.92. The molecule has 0 aliphatic rings. The zero-order chi connectivity index (χ0) is 21.1. The first-order chi connectivity index (χ1) is 13.7. The van der Waals surface area contributed by atoms with E-state index in [1.54, 1.807) is 24.3 Å². The van der Waals surface area contributed by atoms with Crippen LogP contribution in [0.4, 0.5) is 19.0 Å². The van der Waals surface area contributed by atoms with Crippen LogP contribution in [0.3, 0.4) is 0 Å². The number of fused-ring (bicyclic) bond motifs is 1. The Labute approximate surface area is 164 Å². The zero-order valence-electron chi connectivity index (χ0n) is 15.0. The number of benzene rings is 2. The third kappa shape index (κ3) is 4.93. The van der Waals surface area contributed by atoms with E-state index in [4.69, 9.17) is 0 Å². The highest BCUT2D eigenvalue weighted by Crippen LogP contribution is 2.30. The molecule has 0 radical (unpaired) electrons. The number of nitrogens with one attached hydrogen (secondary N) is 3. The van der Waals surface area contributed by atoms with Gasteiger partial charge in [-0.05, 0) is 30.7 Å². The van der Waals surface area contributed by atoms with E-state index in [1.807, 2.05) is 0 Å². The highest BCUT2D eigenvalue weighted by molar-refractivity contribution is 7.89. The maximum atomic E-state index is 12.8. The van der Waals surface area contributed by atoms with Crippen LogP contribution in [0.2, 0.25) is 0 Å². The molecule has 2 aromatic carbocycles. The molecule has 3 rings (SSSR count). The molecule has 0 bridgehead atoms. The SMILES string of the molecule is O=c1[nH]nc(NCCCNS(=O)(=O)c2cccc(C(F)(F)F)c2)c2ccccc12. The lowest BCUT2D eigenvalue weighted by atomic mass is 10.2. The molecule has 3 aromatic rings. The molecule has 0 spiro atoms. The van der Waals surface area contributed by atoms with Crippen molar-refractivity contribution >= 4 is 26.6 Å². The van der Waals surface area contributed by atoms with Crippen molar-refractivity contribution in [2.45, 2.75) is 17.5 Å². The van der Waals surface area contributed by atoms with Gasteiger partial charge in [0.15, 0.2) is 5.82 Å². The lowest BCUT2D eigenvalue weighted by Crippen LogP contribution is -2.26. The van der Waals surface area contributed by atoms with Gasteiger partial charge in [0.25, 0.3) is 5.56 Å². The number of hydrogen-bond donors (Lipinski definition) is 3. The summed E-state index contributed by atoms with van der Waals surface area (Å²) in [4.78, 5) is 11.3. The van der Waals surface area contributed by atoms with Crippen molar-refractivity contribution in [1.29, 1.82) is 0 Å². The van der Waals surface area contributed by atoms with Gasteiger partial charge in [-0.2, -0.15) is 18.3 Å². The molecule has 0 amide bonds. The Morgan fingerprint density at radius 1 is 1.00 bits per heavy atom. The molecule has 7 nitrogen and oxygen atoms in total. The fraction of sp³-hybridized carbons (Fsp3) is 0.222. The van der Waals surface area contributed by atoms with Crippen molar-refractivity contribution < 1.29 is 21.6 Å². The van der Waals surface area contributed by atoms with Crippen molar-refractivity contribution in [2.24, 2.45) is 0 Å². The summed E-state index contributed by atoms with van der Waals surface area (Å²) in [5.41, 5.74) is -1.35. The first-order valence-electron chi connectivity index (χ1n) is 8.57. The summed E-state index contributed by atoms with van der Waals surface area (Å²) in [6, 6.07) is 10.4. The van der Waals surface area contributed by atoms with E-state index in [0.29, 0.717) is 35.6 Å². The van der Waals surface area contributed by atoms with Crippen LogP contribution in [0.25, 0.3) is 10.8 Å². The van der Waals surface area contributed by atoms with Crippen molar-refractivity contribution in [3.8, 4) is 0 Å². The fourth-order valence-electron chi connectivity index (χ4n) is 2.67. The topological polar surface area (TPSA) is 104 Å². The van der Waals surface area contributed by atoms with Gasteiger partial charge < -0.3 is 5.32 Å². The van der Waals surface area contributed by atoms with Gasteiger partial charge in [-0.1, -0.05) is 24.3 Å². The Bertz CT molecular complexity index is 1180. The van der Waals surface area contributed by atoms with Crippen LogP contribution < -0.4 is 15.6 Å². The molecule has 0 saturated carbocycles. The van der Waals surface area contributed by atoms with E-state index < -0.39 is 26.7 Å². The van der Waals surface area contributed by atoms with Crippen LogP contribution in [0.5, 0.6) is 0 Å². The summed E-state index contributed by atoms with van der Waals surface area (Å²) < 4.78 is 64.9. The van der Waals surface area contributed by atoms with Gasteiger partial charge in [-0.15, -0.1) is 0 Å². The second kappa shape index (κ2) is 8.21. The summed E-state index contributed by atoms with van der Waals surface area (Å²) in [6.45, 7) is 0.334. The van der Waals surface area contributed by atoms with Gasteiger partial charge in [-0.25, -0.2) is 18.2 Å². The van der Waals surface area contributed by atoms with Crippen molar-refractivity contribution in [1.82, 2.24) is 14.9 Å². The average molecular weight is 426 g/mol. The second-order valence-electron chi connectivity index (χ2n) is 6.15. The van der Waals surface area contributed by atoms with E-state index >= 15 is 0 Å². The smallest absolute Gasteiger partial charge is 0.368 e. The summed E-state index contributed by atoms with van der Waals surface area (Å²) in [6.07, 6.45) is -4.28. The largest absolute Gasteiger partial charge is 0.416 e. The van der Waals surface area contributed by atoms with E-state index in [0.717, 1.165) is 18.2 Å². The monoisotopic (exact) mass is 426 g/mol. The highest BCUT2D eigenvalue weighted by atomic mass is 32.2. The third-order valence-electron chi connectivity index (χ3n) is 4.11. The number of rotatable bonds is 7. The molecule has 0 saturated heterocycles. The van der Waals surface area contributed by atoms with Crippen molar-refractivity contribution in [3.05, 3.63) is 64.4 Å². The Balaban J connectivity index is 1.59. The van der Waals surface area contributed by atoms with E-state index in [9.17, 15) is 26.4 Å². The van der Waals surface area contributed by atoms with Crippen molar-refractivity contribution in [3.63, 3.8) is 0 Å². The normalized spacial score (nSPS) is 12.2. The Kier molecular flexibility index (Phi) is 5.89. The van der Waals surface area contributed by atoms with Crippen LogP contribution >= 0.6 is 0 Å². The van der Waals surface area contributed by atoms with Gasteiger partial charge in [0, 0.05) is 18.5 Å². The molecule has 0 unspecified atom stereocenters. The minimum Gasteiger partial charge on any atom is -0.368 e. The number of aromatic nitrogens is 2. The summed E-state index contributed by atoms with van der Waals surface area (Å²) in [5, 5.41) is 10.4. The average Bonchev–Trinajstić information content (AvgIpc) is 2.69. The lowest BCUT2D eigenvalue weighted by Gasteiger charge is -2.11. The molecule has 0 aliphatic heterocycles. The predicted octanol–water partition coefficient (Wildman–Crippen LogP) is 2.72. The summed E-state index contributed by atoms with van der Waals surface area (Å²) in [7, 11) is -4.07. The van der Waals surface area contributed by atoms with Gasteiger partial charge in [-0.3, -0.25) is 4.79 Å². The number of alkyl halides is 3. The standard InChI is InChI=1S/C18H17F3N4O3S/c19-18(20,21)12-5-3-6-13(11-12)29(27,28)23-10-4-9-22-16-14-7-1-2-8-15(14)17(26)25-24-16/h1-3,5-8,11,23H,4,9-10H2,(H,22,24)(H,25,26). The molecular weight excluding hydrogens is 409 g/mol. The van der Waals surface area contributed by atoms with Crippen LogP contribution in [0.15, 0.2) is 58.2 Å². The van der Waals surface area contributed by atoms with Crippen LogP contribution in [-0.4, -0.2) is 31.7 Å². The summed E-state index contributed by atoms with van der Waals surface area (Å²) >= 11 is 0. The van der Waals surface area contributed by atoms with Gasteiger partial charge >= 0.3 is 6.18 Å². The molecule has 0 atom stereocenters. The number of aromatic amines is 1. The molecule has 0 aliphatic carbocycles. The number of sulfonamides is 1. The number of hydrogen-bond acceptors (Lipinski definition) is 5. The van der Waals surface area contributed by atoms with E-state index in [2.05, 4.69) is 20.2 Å². The highest BCUT2D eigenvalue weighted by Gasteiger charge is 2.31. The molecule has 3 N–H and O–H groups in total. The van der Waals surface area contributed by atoms with Crippen LogP contribution in [0, 0.1) is 0 Å². The molecule has 11 heteroatoms. The number of halogens is 3. The van der Waals surface area contributed by atoms with E-state index in [1.165, 1.54) is 0 Å². The van der Waals surface area contributed by atoms with Crippen LogP contribution in [-0.2, 0) is 16.2 Å². The Morgan fingerprint density at radius 2 is 1.72 bits per heavy atom. The maximum absolute atomic E-state index is 12.8. The fourth-order valence-corrected chi connectivity index (χ4v) is 3.79. The lowest BCUT2D eigenvalue weighted by molar-refractivity contribution is -0.137. The quantitative estimate of drug-likeness (QED) is 0.504. The Morgan fingerprint density at radius 3 is 2.45 bits per heavy atom. The molecule has 154 valence electrons. The minimum atomic E-state index is -4.62. The number of H-pyrrole nitrogens is 1. The molecule has 1 heterocycles. The molecular formula is C18H17F3N4O3S. The summed E-state index contributed by atoms with van der Waals surface area (Å²) in [5.74, 6) is 0.445. The third-order valence-corrected chi connectivity index (χ3v) is 5.56. The first-order valence-corrected chi connectivity index (χ1v) is 10.0. The number of anilines is 1. The first kappa shape index (κ1) is 20.8. The molecule has 1 aromatic heterocycles.